The van der Waals surface area contributed by atoms with Gasteiger partial charge < -0.3 is 24.8 Å². The fraction of sp³-hybridized carbons (Fsp3) is 0.296. The van der Waals surface area contributed by atoms with Crippen molar-refractivity contribution in [2.45, 2.75) is 19.5 Å². The van der Waals surface area contributed by atoms with Gasteiger partial charge in [-0.1, -0.05) is 12.1 Å². The zero-order chi connectivity index (χ0) is 24.8. The van der Waals surface area contributed by atoms with Crippen LogP contribution in [0.25, 0.3) is 22.3 Å². The number of rotatable bonds is 4. The van der Waals surface area contributed by atoms with Crippen molar-refractivity contribution in [3.63, 3.8) is 0 Å². The third kappa shape index (κ3) is 4.26. The molecule has 2 N–H and O–H groups in total. The van der Waals surface area contributed by atoms with Crippen LogP contribution in [0.4, 0.5) is 4.39 Å². The molecule has 3 aliphatic rings. The molecule has 0 saturated heterocycles. The van der Waals surface area contributed by atoms with E-state index in [0.29, 0.717) is 31.9 Å². The number of benzene rings is 1. The van der Waals surface area contributed by atoms with Crippen LogP contribution in [0.5, 0.6) is 5.75 Å². The first-order chi connectivity index (χ1) is 17.4. The van der Waals surface area contributed by atoms with Crippen molar-refractivity contribution in [3.8, 4) is 16.9 Å². The number of ether oxygens (including phenoxy) is 1. The van der Waals surface area contributed by atoms with Crippen molar-refractivity contribution in [2.75, 3.05) is 33.8 Å². The van der Waals surface area contributed by atoms with Crippen LogP contribution >= 0.6 is 0 Å². The Morgan fingerprint density at radius 3 is 3.00 bits per heavy atom. The summed E-state index contributed by atoms with van der Waals surface area (Å²) in [5.41, 5.74) is 5.57. The zero-order valence-electron chi connectivity index (χ0n) is 20.5. The average Bonchev–Trinajstić information content (AvgIpc) is 3.09. The SMILES string of the molecule is Cc1nc2ncc(-c3ccc4c(c3)CN(C3=C5C=C(F)C=CC5N=C(CN(C)C)N3)CCO4)cc2[nH]1.[HH]. The molecular formula is C27H30FN7O. The highest BCUT2D eigenvalue weighted by atomic mass is 19.1. The minimum atomic E-state index is -0.266. The highest BCUT2D eigenvalue weighted by molar-refractivity contribution is 5.88. The first-order valence-electron chi connectivity index (χ1n) is 12.0. The topological polar surface area (TPSA) is 81.7 Å². The number of hydrogen-bond acceptors (Lipinski definition) is 7. The summed E-state index contributed by atoms with van der Waals surface area (Å²) in [6, 6.07) is 8.10. The maximum Gasteiger partial charge on any atom is 0.177 e. The predicted octanol–water partition coefficient (Wildman–Crippen LogP) is 3.94. The first-order valence-corrected chi connectivity index (χ1v) is 12.0. The second-order valence-corrected chi connectivity index (χ2v) is 9.59. The number of pyridine rings is 1. The molecular weight excluding hydrogens is 457 g/mol. The summed E-state index contributed by atoms with van der Waals surface area (Å²) < 4.78 is 20.4. The molecule has 1 aromatic carbocycles. The lowest BCUT2D eigenvalue weighted by Gasteiger charge is -2.34. The standard InChI is InChI=1S/C27H28FN7O.H2/c1-16-30-23-11-18(13-29-26(23)31-16)17-4-7-24-19(10-17)14-35(8-9-36-24)27-21-12-20(28)5-6-22(21)32-25(33-27)15-34(2)3;/h4-7,10-13,22H,8-9,14-15H2,1-3H3,(H,32,33)(H,29,30,31);1H. The number of allylic oxidation sites excluding steroid dienone is 2. The van der Waals surface area contributed by atoms with E-state index in [2.05, 4.69) is 48.3 Å². The molecule has 0 radical (unpaired) electrons. The summed E-state index contributed by atoms with van der Waals surface area (Å²) >= 11 is 0. The fourth-order valence-corrected chi connectivity index (χ4v) is 4.88. The Kier molecular flexibility index (Phi) is 5.56. The van der Waals surface area contributed by atoms with Gasteiger partial charge >= 0.3 is 0 Å². The van der Waals surface area contributed by atoms with Crippen molar-refractivity contribution in [1.82, 2.24) is 30.1 Å². The molecule has 0 amide bonds. The van der Waals surface area contributed by atoms with Crippen molar-refractivity contribution in [3.05, 3.63) is 77.3 Å². The Balaban J connectivity index is 0.00000280. The van der Waals surface area contributed by atoms with E-state index in [1.54, 1.807) is 6.08 Å². The smallest absolute Gasteiger partial charge is 0.177 e. The summed E-state index contributed by atoms with van der Waals surface area (Å²) in [5.74, 6) is 3.17. The lowest BCUT2D eigenvalue weighted by Crippen LogP contribution is -2.45. The molecule has 1 atom stereocenters. The Morgan fingerprint density at radius 2 is 2.14 bits per heavy atom. The third-order valence-corrected chi connectivity index (χ3v) is 6.49. The molecule has 0 bridgehead atoms. The van der Waals surface area contributed by atoms with Gasteiger partial charge in [-0.15, -0.1) is 0 Å². The van der Waals surface area contributed by atoms with E-state index in [1.165, 1.54) is 6.08 Å². The second kappa shape index (κ2) is 8.91. The zero-order valence-corrected chi connectivity index (χ0v) is 20.5. The van der Waals surface area contributed by atoms with Crippen LogP contribution in [-0.2, 0) is 6.54 Å². The minimum absolute atomic E-state index is 0. The summed E-state index contributed by atoms with van der Waals surface area (Å²) in [4.78, 5) is 21.3. The summed E-state index contributed by atoms with van der Waals surface area (Å²) in [7, 11) is 4.02. The van der Waals surface area contributed by atoms with Crippen LogP contribution in [0, 0.1) is 6.92 Å². The van der Waals surface area contributed by atoms with Crippen molar-refractivity contribution < 1.29 is 10.6 Å². The van der Waals surface area contributed by atoms with Crippen molar-refractivity contribution in [1.29, 1.82) is 0 Å². The van der Waals surface area contributed by atoms with Crippen LogP contribution in [-0.4, -0.2) is 70.4 Å². The van der Waals surface area contributed by atoms with E-state index in [9.17, 15) is 4.39 Å². The Bertz CT molecular complexity index is 1470. The molecule has 36 heavy (non-hydrogen) atoms. The molecule has 1 aliphatic carbocycles. The normalized spacial score (nSPS) is 19.4. The number of aryl methyl sites for hydroxylation is 1. The van der Waals surface area contributed by atoms with Crippen molar-refractivity contribution in [2.24, 2.45) is 4.99 Å². The number of likely N-dealkylation sites (N-methyl/N-ethyl adjacent to an activating group) is 1. The van der Waals surface area contributed by atoms with Crippen LogP contribution < -0.4 is 10.1 Å². The fourth-order valence-electron chi connectivity index (χ4n) is 4.88. The second-order valence-electron chi connectivity index (χ2n) is 9.59. The number of halogens is 1. The number of H-pyrrole nitrogens is 1. The van der Waals surface area contributed by atoms with Gasteiger partial charge in [0.1, 0.15) is 35.7 Å². The highest BCUT2D eigenvalue weighted by Gasteiger charge is 2.29. The van der Waals surface area contributed by atoms with Gasteiger partial charge in [0.05, 0.1) is 24.6 Å². The van der Waals surface area contributed by atoms with E-state index >= 15 is 0 Å². The van der Waals surface area contributed by atoms with Gasteiger partial charge in [0, 0.05) is 30.9 Å². The molecule has 2 aromatic heterocycles. The van der Waals surface area contributed by atoms with Gasteiger partial charge in [-0.2, -0.15) is 0 Å². The molecule has 0 saturated carbocycles. The van der Waals surface area contributed by atoms with Crippen LogP contribution in [0.15, 0.2) is 70.9 Å². The van der Waals surface area contributed by atoms with Crippen molar-refractivity contribution >= 4 is 17.0 Å². The number of aromatic nitrogens is 3. The monoisotopic (exact) mass is 487 g/mol. The van der Waals surface area contributed by atoms with Gasteiger partial charge in [0.15, 0.2) is 5.65 Å². The summed E-state index contributed by atoms with van der Waals surface area (Å²) in [5, 5.41) is 3.49. The highest BCUT2D eigenvalue weighted by Crippen LogP contribution is 2.33. The van der Waals surface area contributed by atoms with E-state index in [1.807, 2.05) is 39.4 Å². The number of imidazole rings is 1. The number of nitrogens with zero attached hydrogens (tertiary/aromatic N) is 5. The largest absolute Gasteiger partial charge is 0.491 e. The molecule has 9 heteroatoms. The number of aliphatic imine (C=N–C) groups is 1. The van der Waals surface area contributed by atoms with Gasteiger partial charge in [-0.25, -0.2) is 14.4 Å². The Hall–Kier alpha value is -3.98. The maximum absolute atomic E-state index is 14.3. The van der Waals surface area contributed by atoms with Gasteiger partial charge in [-0.05, 0) is 56.9 Å². The maximum atomic E-state index is 14.3. The number of amidine groups is 1. The van der Waals surface area contributed by atoms with E-state index in [4.69, 9.17) is 9.73 Å². The summed E-state index contributed by atoms with van der Waals surface area (Å²) in [6.07, 6.45) is 6.75. The summed E-state index contributed by atoms with van der Waals surface area (Å²) in [6.45, 7) is 4.40. The molecule has 0 fully saturated rings. The number of aromatic amines is 1. The molecule has 6 rings (SSSR count). The quantitative estimate of drug-likeness (QED) is 0.580. The Morgan fingerprint density at radius 1 is 1.25 bits per heavy atom. The minimum Gasteiger partial charge on any atom is -0.491 e. The predicted molar refractivity (Wildman–Crippen MR) is 140 cm³/mol. The van der Waals surface area contributed by atoms with Crippen LogP contribution in [0.3, 0.4) is 0 Å². The lowest BCUT2D eigenvalue weighted by atomic mass is 9.99. The van der Waals surface area contributed by atoms with Gasteiger partial charge in [0.25, 0.3) is 0 Å². The molecule has 2 aliphatic heterocycles. The number of nitrogens with one attached hydrogen (secondary N) is 2. The van der Waals surface area contributed by atoms with E-state index in [0.717, 1.165) is 51.0 Å². The molecule has 186 valence electrons. The van der Waals surface area contributed by atoms with Crippen LogP contribution in [0.1, 0.15) is 12.8 Å². The molecule has 1 unspecified atom stereocenters. The molecule has 3 aromatic rings. The van der Waals surface area contributed by atoms with Gasteiger partial charge in [0.2, 0.25) is 0 Å². The van der Waals surface area contributed by atoms with Gasteiger partial charge in [-0.3, -0.25) is 4.99 Å². The molecule has 8 nitrogen and oxygen atoms in total. The first kappa shape index (κ1) is 22.5. The molecule has 0 spiro atoms. The Labute approximate surface area is 210 Å². The van der Waals surface area contributed by atoms with E-state index < -0.39 is 0 Å². The van der Waals surface area contributed by atoms with Crippen LogP contribution in [0.2, 0.25) is 0 Å². The van der Waals surface area contributed by atoms with E-state index in [-0.39, 0.29) is 13.3 Å². The lowest BCUT2D eigenvalue weighted by molar-refractivity contribution is 0.255. The number of fused-ring (bicyclic) bond motifs is 3. The average molecular weight is 488 g/mol. The third-order valence-electron chi connectivity index (χ3n) is 6.49. The number of hydrogen-bond donors (Lipinski definition) is 2. The molecule has 4 heterocycles.